The highest BCUT2D eigenvalue weighted by atomic mass is 14.9. The lowest BCUT2D eigenvalue weighted by Gasteiger charge is -1.99. The molecule has 0 atom stereocenters. The van der Waals surface area contributed by atoms with E-state index in [0.717, 1.165) is 22.3 Å². The Morgan fingerprint density at radius 1 is 1.20 bits per heavy atom. The quantitative estimate of drug-likeness (QED) is 0.646. The molecule has 0 saturated carbocycles. The van der Waals surface area contributed by atoms with Crippen LogP contribution < -0.4 is 0 Å². The molecule has 3 heteroatoms. The second kappa shape index (κ2) is 3.20. The van der Waals surface area contributed by atoms with Crippen LogP contribution in [0, 0.1) is 6.20 Å². The maximum Gasteiger partial charge on any atom is 0.139 e. The van der Waals surface area contributed by atoms with E-state index < -0.39 is 0 Å². The van der Waals surface area contributed by atoms with Crippen LogP contribution >= 0.6 is 0 Å². The zero-order valence-corrected chi connectivity index (χ0v) is 7.94. The summed E-state index contributed by atoms with van der Waals surface area (Å²) < 4.78 is 0. The molecule has 0 aliphatic rings. The van der Waals surface area contributed by atoms with Crippen molar-refractivity contribution in [2.75, 3.05) is 0 Å². The van der Waals surface area contributed by atoms with Crippen LogP contribution in [0.1, 0.15) is 0 Å². The number of aromatic amines is 1. The Morgan fingerprint density at radius 2 is 2.13 bits per heavy atom. The average molecular weight is 194 g/mol. The van der Waals surface area contributed by atoms with E-state index in [1.54, 1.807) is 6.20 Å². The molecule has 0 unspecified atom stereocenters. The number of aromatic nitrogens is 3. The molecule has 15 heavy (non-hydrogen) atoms. The average Bonchev–Trinajstić information content (AvgIpc) is 2.82. The summed E-state index contributed by atoms with van der Waals surface area (Å²) in [5, 5.41) is 1.12. The summed E-state index contributed by atoms with van der Waals surface area (Å²) in [6, 6.07) is 10.1. The Kier molecular flexibility index (Phi) is 1.75. The number of benzene rings is 1. The molecule has 0 aliphatic heterocycles. The van der Waals surface area contributed by atoms with Gasteiger partial charge in [-0.25, -0.2) is 4.98 Å². The van der Waals surface area contributed by atoms with Gasteiger partial charge in [-0.15, -0.1) is 0 Å². The van der Waals surface area contributed by atoms with E-state index in [2.05, 4.69) is 27.2 Å². The Morgan fingerprint density at radius 3 is 3.00 bits per heavy atom. The number of nitrogens with one attached hydrogen (secondary N) is 1. The molecule has 2 heterocycles. The van der Waals surface area contributed by atoms with Crippen LogP contribution in [0.2, 0.25) is 0 Å². The van der Waals surface area contributed by atoms with Gasteiger partial charge in [-0.2, -0.15) is 0 Å². The fourth-order valence-corrected chi connectivity index (χ4v) is 1.58. The third-order valence-corrected chi connectivity index (χ3v) is 2.31. The van der Waals surface area contributed by atoms with E-state index in [4.69, 9.17) is 0 Å². The van der Waals surface area contributed by atoms with E-state index in [0.29, 0.717) is 0 Å². The molecule has 0 aliphatic carbocycles. The summed E-state index contributed by atoms with van der Waals surface area (Å²) in [4.78, 5) is 11.4. The molecule has 0 amide bonds. The number of H-pyrrole nitrogens is 1. The molecule has 1 N–H and O–H groups in total. The summed E-state index contributed by atoms with van der Waals surface area (Å²) in [5.41, 5.74) is 1.98. The molecule has 0 bridgehead atoms. The molecule has 0 fully saturated rings. The van der Waals surface area contributed by atoms with Gasteiger partial charge in [0.2, 0.25) is 0 Å². The van der Waals surface area contributed by atoms with Crippen molar-refractivity contribution in [1.29, 1.82) is 0 Å². The number of para-hydroxylation sites is 1. The van der Waals surface area contributed by atoms with Crippen molar-refractivity contribution in [3.8, 4) is 11.4 Å². The zero-order valence-electron chi connectivity index (χ0n) is 7.94. The maximum atomic E-state index is 4.36. The standard InChI is InChI=1S/C12H8N3/c1-2-4-11-9(3-1)7-10(8-15-11)12-13-5-6-14-12/h1-5,7-8H,(H,13,14). The van der Waals surface area contributed by atoms with Crippen molar-refractivity contribution < 1.29 is 0 Å². The van der Waals surface area contributed by atoms with Crippen molar-refractivity contribution in [3.05, 3.63) is 48.9 Å². The highest BCUT2D eigenvalue weighted by Crippen LogP contribution is 2.18. The number of hydrogen-bond acceptors (Lipinski definition) is 2. The molecule has 0 saturated heterocycles. The molecule has 1 aromatic carbocycles. The largest absolute Gasteiger partial charge is 0.344 e. The number of nitrogens with zero attached hydrogens (tertiary/aromatic N) is 2. The van der Waals surface area contributed by atoms with Gasteiger partial charge >= 0.3 is 0 Å². The van der Waals surface area contributed by atoms with Crippen LogP contribution in [0.4, 0.5) is 0 Å². The van der Waals surface area contributed by atoms with E-state index in [1.807, 2.05) is 30.5 Å². The van der Waals surface area contributed by atoms with Crippen LogP contribution in [0.15, 0.2) is 42.7 Å². The Hall–Kier alpha value is -2.16. The first-order chi connectivity index (χ1) is 7.43. The number of hydrogen-bond donors (Lipinski definition) is 1. The first-order valence-electron chi connectivity index (χ1n) is 4.70. The van der Waals surface area contributed by atoms with E-state index in [-0.39, 0.29) is 0 Å². The lowest BCUT2D eigenvalue weighted by atomic mass is 10.1. The van der Waals surface area contributed by atoms with Gasteiger partial charge in [-0.05, 0) is 12.1 Å². The Bertz CT molecular complexity index is 585. The lowest BCUT2D eigenvalue weighted by molar-refractivity contribution is 1.28. The molecule has 3 aromatic rings. The van der Waals surface area contributed by atoms with Gasteiger partial charge < -0.3 is 4.98 Å². The third kappa shape index (κ3) is 1.38. The van der Waals surface area contributed by atoms with Crippen molar-refractivity contribution >= 4 is 10.9 Å². The van der Waals surface area contributed by atoms with E-state index >= 15 is 0 Å². The maximum absolute atomic E-state index is 4.36. The normalized spacial score (nSPS) is 10.7. The van der Waals surface area contributed by atoms with E-state index in [9.17, 15) is 0 Å². The van der Waals surface area contributed by atoms with Crippen LogP contribution in [0.5, 0.6) is 0 Å². The van der Waals surface area contributed by atoms with Crippen molar-refractivity contribution in [3.63, 3.8) is 0 Å². The minimum Gasteiger partial charge on any atom is -0.344 e. The highest BCUT2D eigenvalue weighted by Gasteiger charge is 2.01. The number of rotatable bonds is 1. The SMILES string of the molecule is [c]1c[nH]c(-c2cnc3ccccc3c2)n1. The van der Waals surface area contributed by atoms with Crippen molar-refractivity contribution in [2.24, 2.45) is 0 Å². The van der Waals surface area contributed by atoms with Gasteiger partial charge in [0.25, 0.3) is 0 Å². The van der Waals surface area contributed by atoms with Gasteiger partial charge in [-0.3, -0.25) is 4.98 Å². The van der Waals surface area contributed by atoms with Gasteiger partial charge in [0.05, 0.1) is 5.52 Å². The molecule has 3 rings (SSSR count). The number of fused-ring (bicyclic) bond motifs is 1. The first kappa shape index (κ1) is 8.17. The predicted octanol–water partition coefficient (Wildman–Crippen LogP) is 2.43. The second-order valence-electron chi connectivity index (χ2n) is 3.29. The van der Waals surface area contributed by atoms with E-state index in [1.165, 1.54) is 0 Å². The molecule has 2 aromatic heterocycles. The predicted molar refractivity (Wildman–Crippen MR) is 58.2 cm³/mol. The van der Waals surface area contributed by atoms with Crippen LogP contribution in [-0.4, -0.2) is 15.0 Å². The third-order valence-electron chi connectivity index (χ3n) is 2.31. The fourth-order valence-electron chi connectivity index (χ4n) is 1.58. The minimum atomic E-state index is 0.799. The first-order valence-corrected chi connectivity index (χ1v) is 4.70. The summed E-state index contributed by atoms with van der Waals surface area (Å²) in [6.07, 6.45) is 6.24. The lowest BCUT2D eigenvalue weighted by Crippen LogP contribution is -1.84. The van der Waals surface area contributed by atoms with Crippen LogP contribution in [0.25, 0.3) is 22.3 Å². The summed E-state index contributed by atoms with van der Waals surface area (Å²) in [7, 11) is 0. The monoisotopic (exact) mass is 194 g/mol. The van der Waals surface area contributed by atoms with Gasteiger partial charge in [0, 0.05) is 23.3 Å². The molecule has 1 radical (unpaired) electrons. The van der Waals surface area contributed by atoms with Gasteiger partial charge in [-0.1, -0.05) is 18.2 Å². The fraction of sp³-hybridized carbons (Fsp3) is 0. The summed E-state index contributed by atoms with van der Waals surface area (Å²) in [6.45, 7) is 0. The highest BCUT2D eigenvalue weighted by molar-refractivity contribution is 5.82. The van der Waals surface area contributed by atoms with Crippen molar-refractivity contribution in [1.82, 2.24) is 15.0 Å². The minimum absolute atomic E-state index is 0.799. The summed E-state index contributed by atoms with van der Waals surface area (Å²) in [5.74, 6) is 0.799. The van der Waals surface area contributed by atoms with Crippen LogP contribution in [-0.2, 0) is 0 Å². The smallest absolute Gasteiger partial charge is 0.139 e. The Labute approximate surface area is 86.8 Å². The molecule has 71 valence electrons. The molecular formula is C12H8N3. The van der Waals surface area contributed by atoms with Crippen molar-refractivity contribution in [2.45, 2.75) is 0 Å². The molecule has 0 spiro atoms. The van der Waals surface area contributed by atoms with Crippen LogP contribution in [0.3, 0.4) is 0 Å². The molecule has 3 nitrogen and oxygen atoms in total. The van der Waals surface area contributed by atoms with Gasteiger partial charge in [0.1, 0.15) is 12.0 Å². The number of pyridine rings is 1. The van der Waals surface area contributed by atoms with Gasteiger partial charge in [0.15, 0.2) is 0 Å². The zero-order chi connectivity index (χ0) is 10.1. The Balaban J connectivity index is 2.22. The summed E-state index contributed by atoms with van der Waals surface area (Å²) >= 11 is 0. The topological polar surface area (TPSA) is 41.6 Å². The number of imidazole rings is 1. The molecular weight excluding hydrogens is 186 g/mol. The second-order valence-corrected chi connectivity index (χ2v) is 3.29.